The van der Waals surface area contributed by atoms with Crippen LogP contribution in [0, 0.1) is 3.70 Å². The highest BCUT2D eigenvalue weighted by Crippen LogP contribution is 2.33. The van der Waals surface area contributed by atoms with Crippen LogP contribution in [0.1, 0.15) is 17.6 Å². The molecule has 0 aliphatic heterocycles. The fraction of sp³-hybridized carbons (Fsp3) is 0.286. The maximum atomic E-state index is 12.2. The molecule has 1 nitrogen and oxygen atoms in total. The molecular formula is C7H3F5IN. The molecule has 0 aliphatic rings. The van der Waals surface area contributed by atoms with Gasteiger partial charge < -0.3 is 0 Å². The minimum Gasteiger partial charge on any atom is -0.249 e. The van der Waals surface area contributed by atoms with E-state index >= 15 is 0 Å². The molecule has 0 saturated heterocycles. The Bertz CT molecular complexity index is 335. The SMILES string of the molecule is FC(F)c1cnc(I)c(C(F)(F)F)c1. The topological polar surface area (TPSA) is 12.9 Å². The van der Waals surface area contributed by atoms with Gasteiger partial charge in [0.05, 0.1) is 5.56 Å². The molecule has 14 heavy (non-hydrogen) atoms. The number of nitrogens with zero attached hydrogens (tertiary/aromatic N) is 1. The van der Waals surface area contributed by atoms with Crippen molar-refractivity contribution in [1.82, 2.24) is 4.98 Å². The summed E-state index contributed by atoms with van der Waals surface area (Å²) in [7, 11) is 0. The number of hydrogen-bond acceptors (Lipinski definition) is 1. The average molecular weight is 323 g/mol. The first-order valence-electron chi connectivity index (χ1n) is 3.33. The summed E-state index contributed by atoms with van der Waals surface area (Å²) in [6, 6.07) is 0.416. The number of pyridine rings is 1. The van der Waals surface area contributed by atoms with Crippen LogP contribution < -0.4 is 0 Å². The summed E-state index contributed by atoms with van der Waals surface area (Å²) in [6.07, 6.45) is -6.85. The molecule has 0 fully saturated rings. The largest absolute Gasteiger partial charge is 0.418 e. The van der Waals surface area contributed by atoms with Crippen molar-refractivity contribution < 1.29 is 22.0 Å². The van der Waals surface area contributed by atoms with E-state index in [1.165, 1.54) is 22.6 Å². The summed E-state index contributed by atoms with van der Waals surface area (Å²) in [4.78, 5) is 3.25. The average Bonchev–Trinajstić information content (AvgIpc) is 2.02. The summed E-state index contributed by atoms with van der Waals surface area (Å²) in [5.41, 5.74) is -1.85. The van der Waals surface area contributed by atoms with Crippen LogP contribution in [0.2, 0.25) is 0 Å². The van der Waals surface area contributed by atoms with Gasteiger partial charge in [0.2, 0.25) is 0 Å². The third-order valence-electron chi connectivity index (χ3n) is 1.42. The van der Waals surface area contributed by atoms with Gasteiger partial charge >= 0.3 is 6.18 Å². The molecule has 1 heterocycles. The molecule has 0 spiro atoms. The molecule has 78 valence electrons. The Morgan fingerprint density at radius 2 is 1.86 bits per heavy atom. The number of hydrogen-bond donors (Lipinski definition) is 0. The van der Waals surface area contributed by atoms with Crippen LogP contribution in [-0.2, 0) is 6.18 Å². The molecule has 0 amide bonds. The van der Waals surface area contributed by atoms with E-state index in [0.717, 1.165) is 6.20 Å². The van der Waals surface area contributed by atoms with Gasteiger partial charge in [0.25, 0.3) is 6.43 Å². The monoisotopic (exact) mass is 323 g/mol. The van der Waals surface area contributed by atoms with E-state index in [9.17, 15) is 22.0 Å². The number of rotatable bonds is 1. The van der Waals surface area contributed by atoms with Gasteiger partial charge in [-0.15, -0.1) is 0 Å². The van der Waals surface area contributed by atoms with Crippen molar-refractivity contribution >= 4 is 22.6 Å². The van der Waals surface area contributed by atoms with Gasteiger partial charge in [-0.2, -0.15) is 13.2 Å². The van der Waals surface area contributed by atoms with Crippen LogP contribution >= 0.6 is 22.6 Å². The lowest BCUT2D eigenvalue weighted by Gasteiger charge is -2.09. The van der Waals surface area contributed by atoms with Crippen LogP contribution in [-0.4, -0.2) is 4.98 Å². The zero-order valence-corrected chi connectivity index (χ0v) is 8.60. The normalized spacial score (nSPS) is 12.2. The molecule has 1 rings (SSSR count). The van der Waals surface area contributed by atoms with Crippen molar-refractivity contribution in [2.24, 2.45) is 0 Å². The van der Waals surface area contributed by atoms with Crippen molar-refractivity contribution in [1.29, 1.82) is 0 Å². The molecule has 7 heteroatoms. The van der Waals surface area contributed by atoms with Gasteiger partial charge in [0, 0.05) is 11.8 Å². The number of aromatic nitrogens is 1. The molecule has 0 saturated carbocycles. The van der Waals surface area contributed by atoms with Gasteiger partial charge in [-0.3, -0.25) is 0 Å². The van der Waals surface area contributed by atoms with Gasteiger partial charge in [-0.25, -0.2) is 13.8 Å². The fourth-order valence-corrected chi connectivity index (χ4v) is 1.38. The Labute approximate surface area is 89.5 Å². The van der Waals surface area contributed by atoms with Crippen LogP contribution in [0.15, 0.2) is 12.3 Å². The summed E-state index contributed by atoms with van der Waals surface area (Å²) >= 11 is 1.35. The molecule has 0 N–H and O–H groups in total. The summed E-state index contributed by atoms with van der Waals surface area (Å²) in [5, 5.41) is 0. The maximum absolute atomic E-state index is 12.2. The van der Waals surface area contributed by atoms with Crippen LogP contribution in [0.5, 0.6) is 0 Å². The lowest BCUT2D eigenvalue weighted by Crippen LogP contribution is -2.09. The minimum absolute atomic E-state index is 0.334. The highest BCUT2D eigenvalue weighted by molar-refractivity contribution is 14.1. The fourth-order valence-electron chi connectivity index (χ4n) is 0.782. The second kappa shape index (κ2) is 3.95. The maximum Gasteiger partial charge on any atom is 0.418 e. The summed E-state index contributed by atoms with van der Waals surface area (Å²) in [6.45, 7) is 0. The molecule has 1 aromatic rings. The molecule has 0 unspecified atom stereocenters. The van der Waals surface area contributed by atoms with E-state index in [4.69, 9.17) is 0 Å². The first-order valence-corrected chi connectivity index (χ1v) is 4.41. The van der Waals surface area contributed by atoms with Gasteiger partial charge in [0.1, 0.15) is 3.70 Å². The number of halogens is 6. The minimum atomic E-state index is -4.64. The third-order valence-corrected chi connectivity index (χ3v) is 2.28. The first kappa shape index (κ1) is 11.6. The van der Waals surface area contributed by atoms with Crippen molar-refractivity contribution in [2.45, 2.75) is 12.6 Å². The Morgan fingerprint density at radius 1 is 1.29 bits per heavy atom. The van der Waals surface area contributed by atoms with E-state index in [1.807, 2.05) is 0 Å². The van der Waals surface area contributed by atoms with E-state index in [0.29, 0.717) is 6.07 Å². The third kappa shape index (κ3) is 2.52. The zero-order chi connectivity index (χ0) is 10.9. The quantitative estimate of drug-likeness (QED) is 0.437. The standard InChI is InChI=1S/C7H3F5IN/c8-5(9)3-1-4(7(10,11)12)6(13)14-2-3/h1-2,5H. The second-order valence-electron chi connectivity index (χ2n) is 2.41. The highest BCUT2D eigenvalue weighted by atomic mass is 127. The van der Waals surface area contributed by atoms with Gasteiger partial charge in [-0.1, -0.05) is 0 Å². The molecule has 0 bridgehead atoms. The Kier molecular flexibility index (Phi) is 3.28. The van der Waals surface area contributed by atoms with Crippen molar-refractivity contribution in [3.63, 3.8) is 0 Å². The lowest BCUT2D eigenvalue weighted by molar-refractivity contribution is -0.138. The molecule has 1 aromatic heterocycles. The second-order valence-corrected chi connectivity index (χ2v) is 3.43. The van der Waals surface area contributed by atoms with Gasteiger partial charge in [0.15, 0.2) is 0 Å². The van der Waals surface area contributed by atoms with Crippen molar-refractivity contribution in [3.05, 3.63) is 27.1 Å². The Morgan fingerprint density at radius 3 is 2.29 bits per heavy atom. The summed E-state index contributed by atoms with van der Waals surface area (Å²) in [5.74, 6) is 0. The van der Waals surface area contributed by atoms with E-state index in [1.54, 1.807) is 0 Å². The van der Waals surface area contributed by atoms with Gasteiger partial charge in [-0.05, 0) is 28.7 Å². The van der Waals surface area contributed by atoms with Crippen molar-refractivity contribution in [3.8, 4) is 0 Å². The predicted molar refractivity (Wildman–Crippen MR) is 46.9 cm³/mol. The predicted octanol–water partition coefficient (Wildman–Crippen LogP) is 3.64. The number of alkyl halides is 5. The Hall–Kier alpha value is -0.470. The molecule has 0 aromatic carbocycles. The smallest absolute Gasteiger partial charge is 0.249 e. The molecular weight excluding hydrogens is 320 g/mol. The van der Waals surface area contributed by atoms with Crippen LogP contribution in [0.25, 0.3) is 0 Å². The zero-order valence-electron chi connectivity index (χ0n) is 6.45. The van der Waals surface area contributed by atoms with E-state index in [2.05, 4.69) is 4.98 Å². The lowest BCUT2D eigenvalue weighted by atomic mass is 10.2. The molecule has 0 aliphatic carbocycles. The van der Waals surface area contributed by atoms with E-state index < -0.39 is 23.7 Å². The summed E-state index contributed by atoms with van der Waals surface area (Å²) < 4.78 is 60.4. The molecule has 0 radical (unpaired) electrons. The molecule has 0 atom stereocenters. The first-order chi connectivity index (χ1) is 6.32. The van der Waals surface area contributed by atoms with Crippen LogP contribution in [0.3, 0.4) is 0 Å². The van der Waals surface area contributed by atoms with E-state index in [-0.39, 0.29) is 3.70 Å². The van der Waals surface area contributed by atoms with Crippen LogP contribution in [0.4, 0.5) is 22.0 Å². The van der Waals surface area contributed by atoms with Crippen molar-refractivity contribution in [2.75, 3.05) is 0 Å². The Balaban J connectivity index is 3.22. The highest BCUT2D eigenvalue weighted by Gasteiger charge is 2.34.